The molecule has 28 heavy (non-hydrogen) atoms. The average Bonchev–Trinajstić information content (AvgIpc) is 3.16. The number of benzene rings is 2. The largest absolute Gasteiger partial charge is 0.456 e. The number of nitrogens with zero attached hydrogens (tertiary/aromatic N) is 2. The summed E-state index contributed by atoms with van der Waals surface area (Å²) in [4.78, 5) is 27.8. The first kappa shape index (κ1) is 19.5. The number of carbonyl (C=O) groups excluding carboxylic acids is 2. The number of aromatic nitrogens is 2. The summed E-state index contributed by atoms with van der Waals surface area (Å²) in [6, 6.07) is 12.0. The van der Waals surface area contributed by atoms with Crippen molar-refractivity contribution >= 4 is 23.5 Å². The van der Waals surface area contributed by atoms with Gasteiger partial charge in [-0.1, -0.05) is 16.8 Å². The molecule has 1 N–H and O–H groups in total. The predicted molar refractivity (Wildman–Crippen MR) is 97.9 cm³/mol. The lowest BCUT2D eigenvalue weighted by atomic mass is 10.2. The topological polar surface area (TPSA) is 94.3 Å². The van der Waals surface area contributed by atoms with Gasteiger partial charge >= 0.3 is 5.97 Å². The zero-order valence-electron chi connectivity index (χ0n) is 14.5. The highest BCUT2D eigenvalue weighted by molar-refractivity contribution is 6.30. The van der Waals surface area contributed by atoms with Gasteiger partial charge in [0.15, 0.2) is 6.61 Å². The first-order valence-corrected chi connectivity index (χ1v) is 8.67. The van der Waals surface area contributed by atoms with Gasteiger partial charge in [-0.3, -0.25) is 9.59 Å². The van der Waals surface area contributed by atoms with Crippen molar-refractivity contribution < 1.29 is 23.2 Å². The van der Waals surface area contributed by atoms with E-state index in [2.05, 4.69) is 15.5 Å². The maximum Gasteiger partial charge on any atom is 0.308 e. The smallest absolute Gasteiger partial charge is 0.308 e. The summed E-state index contributed by atoms with van der Waals surface area (Å²) in [6.07, 6.45) is -0.0156. The normalized spacial score (nSPS) is 10.5. The molecule has 1 amide bonds. The molecule has 0 aliphatic rings. The molecule has 3 aromatic rings. The van der Waals surface area contributed by atoms with Crippen LogP contribution in [0.4, 0.5) is 4.39 Å². The van der Waals surface area contributed by atoms with Gasteiger partial charge < -0.3 is 14.6 Å². The Morgan fingerprint density at radius 1 is 1.11 bits per heavy atom. The van der Waals surface area contributed by atoms with Crippen molar-refractivity contribution in [2.45, 2.75) is 13.0 Å². The number of ether oxygens (including phenoxy) is 1. The standard InChI is InChI=1S/C19H15ClFN3O4/c20-14-5-1-13(2-6-14)19(26)22-10-9-17(25)27-11-16-23-18(24-28-16)12-3-7-15(21)8-4-12/h1-8H,9-11H2,(H,22,26). The second kappa shape index (κ2) is 9.09. The molecule has 0 unspecified atom stereocenters. The molecule has 144 valence electrons. The van der Waals surface area contributed by atoms with Crippen molar-refractivity contribution in [2.24, 2.45) is 0 Å². The van der Waals surface area contributed by atoms with E-state index in [1.54, 1.807) is 24.3 Å². The van der Waals surface area contributed by atoms with E-state index in [0.29, 0.717) is 16.1 Å². The van der Waals surface area contributed by atoms with Gasteiger partial charge in [0.25, 0.3) is 11.8 Å². The lowest BCUT2D eigenvalue weighted by Gasteiger charge is -2.05. The Bertz CT molecular complexity index is 958. The molecule has 0 fully saturated rings. The number of rotatable bonds is 7. The lowest BCUT2D eigenvalue weighted by molar-refractivity contribution is -0.145. The molecule has 0 saturated carbocycles. The fourth-order valence-electron chi connectivity index (χ4n) is 2.23. The average molecular weight is 404 g/mol. The summed E-state index contributed by atoms with van der Waals surface area (Å²) in [7, 11) is 0. The number of carbonyl (C=O) groups is 2. The van der Waals surface area contributed by atoms with Crippen LogP contribution in [0.3, 0.4) is 0 Å². The molecule has 0 saturated heterocycles. The van der Waals surface area contributed by atoms with Gasteiger partial charge in [0.2, 0.25) is 5.82 Å². The Morgan fingerprint density at radius 2 is 1.82 bits per heavy atom. The first-order valence-electron chi connectivity index (χ1n) is 8.29. The first-order chi connectivity index (χ1) is 13.5. The van der Waals surface area contributed by atoms with Gasteiger partial charge in [0, 0.05) is 22.7 Å². The molecule has 1 aromatic heterocycles. The molecule has 7 nitrogen and oxygen atoms in total. The van der Waals surface area contributed by atoms with Crippen LogP contribution < -0.4 is 5.32 Å². The van der Waals surface area contributed by atoms with E-state index in [0.717, 1.165) is 0 Å². The van der Waals surface area contributed by atoms with Crippen molar-refractivity contribution in [3.8, 4) is 11.4 Å². The van der Waals surface area contributed by atoms with E-state index in [1.807, 2.05) is 0 Å². The minimum atomic E-state index is -0.530. The Hall–Kier alpha value is -3.26. The molecule has 1 heterocycles. The zero-order valence-corrected chi connectivity index (χ0v) is 15.3. The molecular weight excluding hydrogens is 389 g/mol. The number of amides is 1. The molecule has 3 rings (SSSR count). The van der Waals surface area contributed by atoms with Crippen LogP contribution in [-0.2, 0) is 16.1 Å². The third kappa shape index (κ3) is 5.37. The molecule has 0 radical (unpaired) electrons. The molecule has 0 atom stereocenters. The van der Waals surface area contributed by atoms with E-state index in [9.17, 15) is 14.0 Å². The maximum atomic E-state index is 12.9. The van der Waals surface area contributed by atoms with Crippen LogP contribution >= 0.6 is 11.6 Å². The van der Waals surface area contributed by atoms with E-state index in [1.165, 1.54) is 24.3 Å². The number of hydrogen-bond acceptors (Lipinski definition) is 6. The summed E-state index contributed by atoms with van der Waals surface area (Å²) < 4.78 is 23.0. The summed E-state index contributed by atoms with van der Waals surface area (Å²) >= 11 is 5.76. The fraction of sp³-hybridized carbons (Fsp3) is 0.158. The predicted octanol–water partition coefficient (Wildman–Crippen LogP) is 3.39. The lowest BCUT2D eigenvalue weighted by Crippen LogP contribution is -2.26. The summed E-state index contributed by atoms with van der Waals surface area (Å²) in [6.45, 7) is -0.0802. The van der Waals surface area contributed by atoms with Crippen molar-refractivity contribution in [1.29, 1.82) is 0 Å². The summed E-state index contributed by atoms with van der Waals surface area (Å²) in [5.41, 5.74) is 1.02. The quantitative estimate of drug-likeness (QED) is 0.608. The van der Waals surface area contributed by atoms with E-state index in [-0.39, 0.29) is 43.0 Å². The van der Waals surface area contributed by atoms with Crippen LogP contribution in [0, 0.1) is 5.82 Å². The summed E-state index contributed by atoms with van der Waals surface area (Å²) in [5, 5.41) is 6.90. The molecule has 0 spiro atoms. The van der Waals surface area contributed by atoms with Crippen molar-refractivity contribution in [2.75, 3.05) is 6.54 Å². The molecule has 0 aliphatic heterocycles. The van der Waals surface area contributed by atoms with Gasteiger partial charge in [-0.2, -0.15) is 4.98 Å². The highest BCUT2D eigenvalue weighted by Gasteiger charge is 2.12. The van der Waals surface area contributed by atoms with Crippen molar-refractivity contribution in [3.63, 3.8) is 0 Å². The van der Waals surface area contributed by atoms with Gasteiger partial charge in [-0.15, -0.1) is 0 Å². The number of nitrogens with one attached hydrogen (secondary N) is 1. The molecular formula is C19H15ClFN3O4. The Balaban J connectivity index is 1.41. The molecule has 2 aromatic carbocycles. The second-order valence-corrected chi connectivity index (χ2v) is 6.13. The Labute approximate surface area is 164 Å². The monoisotopic (exact) mass is 403 g/mol. The SMILES string of the molecule is O=C(CCNC(=O)c1ccc(Cl)cc1)OCc1nc(-c2ccc(F)cc2)no1. The zero-order chi connectivity index (χ0) is 19.9. The minimum absolute atomic E-state index is 0.0156. The van der Waals surface area contributed by atoms with Gasteiger partial charge in [-0.25, -0.2) is 4.39 Å². The van der Waals surface area contributed by atoms with Crippen molar-refractivity contribution in [1.82, 2.24) is 15.5 Å². The second-order valence-electron chi connectivity index (χ2n) is 5.69. The van der Waals surface area contributed by atoms with Gasteiger partial charge in [0.05, 0.1) is 6.42 Å². The third-order valence-corrected chi connectivity index (χ3v) is 3.90. The van der Waals surface area contributed by atoms with Crippen LogP contribution in [0.15, 0.2) is 53.1 Å². The van der Waals surface area contributed by atoms with Gasteiger partial charge in [0.1, 0.15) is 5.82 Å². The Kier molecular flexibility index (Phi) is 6.33. The van der Waals surface area contributed by atoms with Gasteiger partial charge in [-0.05, 0) is 48.5 Å². The highest BCUT2D eigenvalue weighted by Crippen LogP contribution is 2.16. The van der Waals surface area contributed by atoms with Crippen LogP contribution in [-0.4, -0.2) is 28.6 Å². The van der Waals surface area contributed by atoms with E-state index >= 15 is 0 Å². The number of halogens is 2. The maximum absolute atomic E-state index is 12.9. The summed E-state index contributed by atoms with van der Waals surface area (Å²) in [5.74, 6) is -0.841. The number of hydrogen-bond donors (Lipinski definition) is 1. The fourth-order valence-corrected chi connectivity index (χ4v) is 2.35. The van der Waals surface area contributed by atoms with Crippen LogP contribution in [0.25, 0.3) is 11.4 Å². The minimum Gasteiger partial charge on any atom is -0.456 e. The third-order valence-electron chi connectivity index (χ3n) is 3.65. The molecule has 0 bridgehead atoms. The molecule has 0 aliphatic carbocycles. The van der Waals surface area contributed by atoms with Crippen LogP contribution in [0.2, 0.25) is 5.02 Å². The van der Waals surface area contributed by atoms with Crippen molar-refractivity contribution in [3.05, 3.63) is 70.8 Å². The highest BCUT2D eigenvalue weighted by atomic mass is 35.5. The molecule has 9 heteroatoms. The van der Waals surface area contributed by atoms with Crippen LogP contribution in [0.5, 0.6) is 0 Å². The number of esters is 1. The van der Waals surface area contributed by atoms with E-state index in [4.69, 9.17) is 20.9 Å². The van der Waals surface area contributed by atoms with Crippen LogP contribution in [0.1, 0.15) is 22.7 Å². The van der Waals surface area contributed by atoms with E-state index < -0.39 is 5.97 Å². The Morgan fingerprint density at radius 3 is 2.54 bits per heavy atom.